The maximum absolute atomic E-state index is 12.9. The summed E-state index contributed by atoms with van der Waals surface area (Å²) < 4.78 is 2.49. The summed E-state index contributed by atoms with van der Waals surface area (Å²) in [5.41, 5.74) is 3.49. The molecule has 0 bridgehead atoms. The Labute approximate surface area is 184 Å². The maximum atomic E-state index is 12.9. The molecule has 1 aliphatic heterocycles. The lowest BCUT2D eigenvalue weighted by atomic mass is 9.95. The number of piperidine rings is 1. The Kier molecular flexibility index (Phi) is 5.66. The van der Waals surface area contributed by atoms with Crippen LogP contribution in [0.2, 0.25) is 0 Å². The van der Waals surface area contributed by atoms with Crippen LogP contribution in [0.1, 0.15) is 63.1 Å². The van der Waals surface area contributed by atoms with E-state index in [9.17, 15) is 4.79 Å². The summed E-state index contributed by atoms with van der Waals surface area (Å²) in [7, 11) is 0. The van der Waals surface area contributed by atoms with Gasteiger partial charge < -0.3 is 14.8 Å². The molecule has 1 N–H and O–H groups in total. The molecule has 5 heteroatoms. The summed E-state index contributed by atoms with van der Waals surface area (Å²) in [6.07, 6.45) is 6.84. The highest BCUT2D eigenvalue weighted by Crippen LogP contribution is 2.37. The summed E-state index contributed by atoms with van der Waals surface area (Å²) in [4.78, 5) is 20.3. The van der Waals surface area contributed by atoms with Gasteiger partial charge in [0.15, 0.2) is 0 Å². The van der Waals surface area contributed by atoms with E-state index in [4.69, 9.17) is 4.98 Å². The number of nitrogens with zero attached hydrogens (tertiary/aromatic N) is 3. The van der Waals surface area contributed by atoms with Crippen molar-refractivity contribution >= 4 is 22.9 Å². The van der Waals surface area contributed by atoms with Gasteiger partial charge in [-0.05, 0) is 50.3 Å². The molecule has 0 unspecified atom stereocenters. The van der Waals surface area contributed by atoms with E-state index in [0.29, 0.717) is 6.04 Å². The molecular weight excluding hydrogens is 384 g/mol. The molecule has 3 aromatic rings. The first kappa shape index (κ1) is 20.1. The summed E-state index contributed by atoms with van der Waals surface area (Å²) in [6, 6.07) is 19.3. The summed E-state index contributed by atoms with van der Waals surface area (Å²) in [6.45, 7) is 3.83. The Morgan fingerprint density at radius 1 is 0.968 bits per heavy atom. The number of imidazole rings is 1. The number of hydrogen-bond donors (Lipinski definition) is 1. The number of amides is 1. The Morgan fingerprint density at radius 2 is 1.65 bits per heavy atom. The van der Waals surface area contributed by atoms with E-state index >= 15 is 0 Å². The van der Waals surface area contributed by atoms with Crippen molar-refractivity contribution in [3.05, 3.63) is 60.2 Å². The second-order valence-corrected chi connectivity index (χ2v) is 9.11. The van der Waals surface area contributed by atoms with Gasteiger partial charge in [0.2, 0.25) is 11.9 Å². The number of carbonyl (C=O) groups is 1. The molecule has 31 heavy (non-hydrogen) atoms. The fourth-order valence-corrected chi connectivity index (χ4v) is 5.28. The maximum Gasteiger partial charge on any atom is 0.223 e. The number of para-hydroxylation sites is 2. The first-order valence-electron chi connectivity index (χ1n) is 11.8. The van der Waals surface area contributed by atoms with Crippen LogP contribution >= 0.6 is 0 Å². The second-order valence-electron chi connectivity index (χ2n) is 9.11. The molecule has 1 aliphatic carbocycles. The van der Waals surface area contributed by atoms with Crippen LogP contribution < -0.4 is 10.2 Å². The quantitative estimate of drug-likeness (QED) is 0.618. The number of aromatic nitrogens is 2. The zero-order valence-electron chi connectivity index (χ0n) is 18.3. The minimum Gasteiger partial charge on any atom is -0.349 e. The van der Waals surface area contributed by atoms with Gasteiger partial charge in [-0.1, -0.05) is 55.3 Å². The van der Waals surface area contributed by atoms with Gasteiger partial charge in [0.1, 0.15) is 0 Å². The predicted molar refractivity (Wildman–Crippen MR) is 125 cm³/mol. The molecule has 2 fully saturated rings. The van der Waals surface area contributed by atoms with Crippen molar-refractivity contribution in [1.82, 2.24) is 14.9 Å². The number of fused-ring (bicyclic) bond motifs is 1. The van der Waals surface area contributed by atoms with E-state index in [-0.39, 0.29) is 17.9 Å². The summed E-state index contributed by atoms with van der Waals surface area (Å²) in [5.74, 6) is 1.36. The standard InChI is InChI=1S/C26H32N4O/c1-19(20-9-3-2-4-10-20)27-25(31)21-15-17-29(18-16-21)26-28-23-13-7-8-14-24(23)30(26)22-11-5-6-12-22/h2-4,7-10,13-14,19,21-22H,5-6,11-12,15-18H2,1H3,(H,27,31)/t19-/m0/s1. The van der Waals surface area contributed by atoms with Crippen LogP contribution in [0.4, 0.5) is 5.95 Å². The third-order valence-electron chi connectivity index (χ3n) is 7.07. The summed E-state index contributed by atoms with van der Waals surface area (Å²) in [5, 5.41) is 3.22. The summed E-state index contributed by atoms with van der Waals surface area (Å²) >= 11 is 0. The molecule has 5 nitrogen and oxygen atoms in total. The molecule has 1 aromatic heterocycles. The van der Waals surface area contributed by atoms with Gasteiger partial charge in [-0.15, -0.1) is 0 Å². The molecule has 1 amide bonds. The minimum atomic E-state index is 0.0401. The van der Waals surface area contributed by atoms with E-state index in [1.165, 1.54) is 31.2 Å². The van der Waals surface area contributed by atoms with Crippen LogP contribution in [0.3, 0.4) is 0 Å². The molecule has 5 rings (SSSR count). The van der Waals surface area contributed by atoms with E-state index in [1.54, 1.807) is 0 Å². The van der Waals surface area contributed by atoms with Gasteiger partial charge in [0.05, 0.1) is 17.1 Å². The monoisotopic (exact) mass is 416 g/mol. The highest BCUT2D eigenvalue weighted by atomic mass is 16.1. The Hall–Kier alpha value is -2.82. The first-order chi connectivity index (χ1) is 15.2. The molecule has 2 aliphatic rings. The minimum absolute atomic E-state index is 0.0401. The van der Waals surface area contributed by atoms with Crippen molar-refractivity contribution in [1.29, 1.82) is 0 Å². The predicted octanol–water partition coefficient (Wildman–Crippen LogP) is 5.25. The van der Waals surface area contributed by atoms with Crippen molar-refractivity contribution in [2.45, 2.75) is 57.5 Å². The van der Waals surface area contributed by atoms with Crippen molar-refractivity contribution in [3.63, 3.8) is 0 Å². The third kappa shape index (κ3) is 4.06. The van der Waals surface area contributed by atoms with Crippen LogP contribution in [-0.4, -0.2) is 28.5 Å². The zero-order valence-corrected chi connectivity index (χ0v) is 18.3. The molecular formula is C26H32N4O. The average molecular weight is 417 g/mol. The smallest absolute Gasteiger partial charge is 0.223 e. The number of nitrogens with one attached hydrogen (secondary N) is 1. The van der Waals surface area contributed by atoms with Gasteiger partial charge >= 0.3 is 0 Å². The number of carbonyl (C=O) groups excluding carboxylic acids is 1. The van der Waals surface area contributed by atoms with Crippen LogP contribution in [0.5, 0.6) is 0 Å². The highest BCUT2D eigenvalue weighted by molar-refractivity contribution is 5.80. The lowest BCUT2D eigenvalue weighted by molar-refractivity contribution is -0.126. The van der Waals surface area contributed by atoms with E-state index < -0.39 is 0 Å². The van der Waals surface area contributed by atoms with Crippen LogP contribution in [0.25, 0.3) is 11.0 Å². The lowest BCUT2D eigenvalue weighted by Crippen LogP contribution is -2.42. The molecule has 0 spiro atoms. The lowest BCUT2D eigenvalue weighted by Gasteiger charge is -2.33. The van der Waals surface area contributed by atoms with Gasteiger partial charge in [-0.2, -0.15) is 0 Å². The van der Waals surface area contributed by atoms with E-state index in [2.05, 4.69) is 58.1 Å². The molecule has 1 saturated heterocycles. The SMILES string of the molecule is C[C@H](NC(=O)C1CCN(c2nc3ccccc3n2C2CCCC2)CC1)c1ccccc1. The number of rotatable bonds is 5. The van der Waals surface area contributed by atoms with Crippen molar-refractivity contribution in [2.75, 3.05) is 18.0 Å². The number of benzene rings is 2. The van der Waals surface area contributed by atoms with Crippen LogP contribution in [0, 0.1) is 5.92 Å². The van der Waals surface area contributed by atoms with Crippen LogP contribution in [-0.2, 0) is 4.79 Å². The molecule has 1 saturated carbocycles. The first-order valence-corrected chi connectivity index (χ1v) is 11.8. The van der Waals surface area contributed by atoms with Crippen LogP contribution in [0.15, 0.2) is 54.6 Å². The molecule has 2 heterocycles. The van der Waals surface area contributed by atoms with Crippen molar-refractivity contribution < 1.29 is 4.79 Å². The fourth-order valence-electron chi connectivity index (χ4n) is 5.28. The van der Waals surface area contributed by atoms with Gasteiger partial charge in [-0.25, -0.2) is 4.98 Å². The van der Waals surface area contributed by atoms with Crippen molar-refractivity contribution in [2.24, 2.45) is 5.92 Å². The normalized spacial score (nSPS) is 19.1. The molecule has 0 radical (unpaired) electrons. The van der Waals surface area contributed by atoms with Gasteiger partial charge in [0.25, 0.3) is 0 Å². The number of anilines is 1. The Bertz CT molecular complexity index is 1030. The molecule has 1 atom stereocenters. The Balaban J connectivity index is 1.28. The average Bonchev–Trinajstić information content (AvgIpc) is 3.47. The second kappa shape index (κ2) is 8.74. The van der Waals surface area contributed by atoms with Gasteiger partial charge in [-0.3, -0.25) is 4.79 Å². The molecule has 2 aromatic carbocycles. The van der Waals surface area contributed by atoms with Crippen molar-refractivity contribution in [3.8, 4) is 0 Å². The fraction of sp³-hybridized carbons (Fsp3) is 0.462. The highest BCUT2D eigenvalue weighted by Gasteiger charge is 2.30. The number of hydrogen-bond acceptors (Lipinski definition) is 3. The zero-order chi connectivity index (χ0) is 21.2. The van der Waals surface area contributed by atoms with Gasteiger partial charge in [0, 0.05) is 25.0 Å². The Morgan fingerprint density at radius 3 is 2.39 bits per heavy atom. The topological polar surface area (TPSA) is 50.2 Å². The molecule has 162 valence electrons. The third-order valence-corrected chi connectivity index (χ3v) is 7.07. The van der Waals surface area contributed by atoms with E-state index in [0.717, 1.165) is 43.0 Å². The van der Waals surface area contributed by atoms with E-state index in [1.807, 2.05) is 18.2 Å². The largest absolute Gasteiger partial charge is 0.349 e.